The zero-order chi connectivity index (χ0) is 12.6. The van der Waals surface area contributed by atoms with Gasteiger partial charge in [0.25, 0.3) is 0 Å². The number of rotatable bonds is 0. The second-order valence-corrected chi connectivity index (χ2v) is 4.02. The molecule has 1 N–H and O–H groups in total. The van der Waals surface area contributed by atoms with Gasteiger partial charge >= 0.3 is 0 Å². The summed E-state index contributed by atoms with van der Waals surface area (Å²) in [5.74, 6) is 0.207. The Bertz CT molecular complexity index is 307. The van der Waals surface area contributed by atoms with Crippen molar-refractivity contribution < 1.29 is 4.79 Å². The Morgan fingerprint density at radius 2 is 1.94 bits per heavy atom. The van der Waals surface area contributed by atoms with Gasteiger partial charge in [-0.2, -0.15) is 0 Å². The van der Waals surface area contributed by atoms with E-state index < -0.39 is 0 Å². The average Bonchev–Trinajstić information content (AvgIpc) is 2.77. The fourth-order valence-corrected chi connectivity index (χ4v) is 2.54. The molecule has 0 bridgehead atoms. The molecule has 0 spiro atoms. The van der Waals surface area contributed by atoms with E-state index in [-0.39, 0.29) is 11.8 Å². The molecule has 1 unspecified atom stereocenters. The van der Waals surface area contributed by atoms with Gasteiger partial charge in [-0.1, -0.05) is 27.7 Å². The number of hydrogen-bond acceptors (Lipinski definition) is 2. The topological polar surface area (TPSA) is 29.1 Å². The molecule has 1 aliphatic heterocycles. The van der Waals surface area contributed by atoms with Crippen molar-refractivity contribution in [3.63, 3.8) is 0 Å². The van der Waals surface area contributed by atoms with E-state index >= 15 is 0 Å². The lowest BCUT2D eigenvalue weighted by Gasteiger charge is -2.05. The molecule has 0 aliphatic carbocycles. The molecule has 92 valence electrons. The highest BCUT2D eigenvalue weighted by Gasteiger charge is 2.22. The first-order chi connectivity index (χ1) is 7.79. The lowest BCUT2D eigenvalue weighted by atomic mass is 10.1. The zero-order valence-electron chi connectivity index (χ0n) is 11.0. The number of thiophene rings is 1. The van der Waals surface area contributed by atoms with Crippen molar-refractivity contribution in [3.05, 3.63) is 21.9 Å². The number of fused-ring (bicyclic) bond motifs is 1. The van der Waals surface area contributed by atoms with E-state index in [1.807, 2.05) is 34.6 Å². The van der Waals surface area contributed by atoms with Gasteiger partial charge in [0.05, 0.1) is 5.92 Å². The Balaban J connectivity index is 0.000000509. The first-order valence-electron chi connectivity index (χ1n) is 6.13. The van der Waals surface area contributed by atoms with Crippen LogP contribution >= 0.6 is 11.3 Å². The van der Waals surface area contributed by atoms with Crippen molar-refractivity contribution in [3.8, 4) is 0 Å². The van der Waals surface area contributed by atoms with Crippen LogP contribution in [0.25, 0.3) is 0 Å². The second-order valence-electron chi connectivity index (χ2n) is 3.07. The van der Waals surface area contributed by atoms with E-state index in [0.29, 0.717) is 0 Å². The first-order valence-corrected chi connectivity index (χ1v) is 7.01. The van der Waals surface area contributed by atoms with Gasteiger partial charge in [-0.15, -0.1) is 11.3 Å². The molecule has 0 aromatic carbocycles. The zero-order valence-corrected chi connectivity index (χ0v) is 11.8. The van der Waals surface area contributed by atoms with Crippen LogP contribution in [0.2, 0.25) is 0 Å². The minimum Gasteiger partial charge on any atom is -0.355 e. The summed E-state index contributed by atoms with van der Waals surface area (Å²) in [6, 6.07) is 2.12. The van der Waals surface area contributed by atoms with Crippen LogP contribution in [-0.4, -0.2) is 12.5 Å². The van der Waals surface area contributed by atoms with E-state index in [9.17, 15) is 4.79 Å². The Morgan fingerprint density at radius 3 is 2.56 bits per heavy atom. The van der Waals surface area contributed by atoms with Crippen molar-refractivity contribution in [1.29, 1.82) is 0 Å². The van der Waals surface area contributed by atoms with Crippen molar-refractivity contribution >= 4 is 17.2 Å². The van der Waals surface area contributed by atoms with Gasteiger partial charge in [0.2, 0.25) is 5.91 Å². The standard InChI is InChI=1S/C9H11NOS.2C2H6/c1-6-8-7(3-5-12-8)2-4-10-9(6)11;2*1-2/h3,5-6H,2,4H2,1H3,(H,10,11);2*1-2H3. The predicted octanol–water partition coefficient (Wildman–Crippen LogP) is 3.58. The molecule has 3 heteroatoms. The molecule has 1 aliphatic rings. The molecule has 0 radical (unpaired) electrons. The number of carbonyl (C=O) groups is 1. The first kappa shape index (κ1) is 15.2. The normalized spacial score (nSPS) is 17.8. The van der Waals surface area contributed by atoms with E-state index in [0.717, 1.165) is 13.0 Å². The van der Waals surface area contributed by atoms with Crippen LogP contribution in [-0.2, 0) is 11.2 Å². The molecule has 16 heavy (non-hydrogen) atoms. The molecule has 2 nitrogen and oxygen atoms in total. The molecule has 1 amide bonds. The smallest absolute Gasteiger partial charge is 0.228 e. The van der Waals surface area contributed by atoms with Crippen LogP contribution in [0.15, 0.2) is 11.4 Å². The van der Waals surface area contributed by atoms with Crippen molar-refractivity contribution in [2.24, 2.45) is 0 Å². The van der Waals surface area contributed by atoms with Gasteiger partial charge < -0.3 is 5.32 Å². The Labute approximate surface area is 103 Å². The summed E-state index contributed by atoms with van der Waals surface area (Å²) in [6.45, 7) is 10.8. The molecular weight excluding hydrogens is 218 g/mol. The monoisotopic (exact) mass is 241 g/mol. The van der Waals surface area contributed by atoms with Crippen LogP contribution in [0.3, 0.4) is 0 Å². The van der Waals surface area contributed by atoms with E-state index in [4.69, 9.17) is 0 Å². The molecule has 2 rings (SSSR count). The lowest BCUT2D eigenvalue weighted by molar-refractivity contribution is -0.121. The quantitative estimate of drug-likeness (QED) is 0.739. The minimum atomic E-state index is 0.0440. The maximum atomic E-state index is 11.4. The average molecular weight is 241 g/mol. The third kappa shape index (κ3) is 3.63. The third-order valence-electron chi connectivity index (χ3n) is 2.26. The Kier molecular flexibility index (Phi) is 7.90. The lowest BCUT2D eigenvalue weighted by Crippen LogP contribution is -2.26. The summed E-state index contributed by atoms with van der Waals surface area (Å²) in [6.07, 6.45) is 0.981. The predicted molar refractivity (Wildman–Crippen MR) is 72.1 cm³/mol. The summed E-state index contributed by atoms with van der Waals surface area (Å²) in [5, 5.41) is 4.96. The SMILES string of the molecule is CC.CC.CC1C(=O)NCCc2ccsc21. The molecule has 2 heterocycles. The molecule has 0 saturated carbocycles. The summed E-state index contributed by atoms with van der Waals surface area (Å²) < 4.78 is 0. The van der Waals surface area contributed by atoms with Crippen LogP contribution in [0.1, 0.15) is 51.0 Å². The van der Waals surface area contributed by atoms with Crippen LogP contribution in [0, 0.1) is 0 Å². The third-order valence-corrected chi connectivity index (χ3v) is 3.40. The Hall–Kier alpha value is -0.830. The van der Waals surface area contributed by atoms with Crippen molar-refractivity contribution in [2.75, 3.05) is 6.54 Å². The van der Waals surface area contributed by atoms with Gasteiger partial charge in [-0.25, -0.2) is 0 Å². The summed E-state index contributed by atoms with van der Waals surface area (Å²) in [5.41, 5.74) is 1.34. The summed E-state index contributed by atoms with van der Waals surface area (Å²) in [4.78, 5) is 12.6. The molecule has 1 aromatic heterocycles. The Morgan fingerprint density at radius 1 is 1.31 bits per heavy atom. The van der Waals surface area contributed by atoms with Crippen LogP contribution in [0.5, 0.6) is 0 Å². The molecule has 1 aromatic rings. The summed E-state index contributed by atoms with van der Waals surface area (Å²) >= 11 is 1.69. The van der Waals surface area contributed by atoms with Gasteiger partial charge in [0, 0.05) is 11.4 Å². The van der Waals surface area contributed by atoms with Crippen LogP contribution in [0.4, 0.5) is 0 Å². The van der Waals surface area contributed by atoms with Gasteiger partial charge in [-0.3, -0.25) is 4.79 Å². The van der Waals surface area contributed by atoms with Gasteiger partial charge in [0.1, 0.15) is 0 Å². The maximum absolute atomic E-state index is 11.4. The second kappa shape index (κ2) is 8.34. The molecule has 1 atom stereocenters. The summed E-state index contributed by atoms with van der Waals surface area (Å²) in [7, 11) is 0. The molecule has 0 fully saturated rings. The molecular formula is C13H23NOS. The minimum absolute atomic E-state index is 0.0440. The highest BCUT2D eigenvalue weighted by Crippen LogP contribution is 2.27. The highest BCUT2D eigenvalue weighted by atomic mass is 32.1. The number of amides is 1. The van der Waals surface area contributed by atoms with Gasteiger partial charge in [-0.05, 0) is 30.4 Å². The van der Waals surface area contributed by atoms with Crippen molar-refractivity contribution in [2.45, 2.75) is 47.0 Å². The van der Waals surface area contributed by atoms with Gasteiger partial charge in [0.15, 0.2) is 0 Å². The number of hydrogen-bond donors (Lipinski definition) is 1. The largest absolute Gasteiger partial charge is 0.355 e. The van der Waals surface area contributed by atoms with E-state index in [1.54, 1.807) is 11.3 Å². The maximum Gasteiger partial charge on any atom is 0.228 e. The number of nitrogens with one attached hydrogen (secondary N) is 1. The fourth-order valence-electron chi connectivity index (χ4n) is 1.53. The van der Waals surface area contributed by atoms with Crippen LogP contribution < -0.4 is 5.32 Å². The van der Waals surface area contributed by atoms with E-state index in [2.05, 4.69) is 16.8 Å². The van der Waals surface area contributed by atoms with Crippen molar-refractivity contribution in [1.82, 2.24) is 5.32 Å². The number of carbonyl (C=O) groups excluding carboxylic acids is 1. The molecule has 0 saturated heterocycles. The van der Waals surface area contributed by atoms with E-state index in [1.165, 1.54) is 10.4 Å². The highest BCUT2D eigenvalue weighted by molar-refractivity contribution is 7.10. The fraction of sp³-hybridized carbons (Fsp3) is 0.615.